The molecule has 0 bridgehead atoms. The minimum Gasteiger partial charge on any atom is -0.481 e. The number of aryl methyl sites for hydroxylation is 1. The lowest BCUT2D eigenvalue weighted by Crippen LogP contribution is -2.26. The Bertz CT molecular complexity index is 1130. The van der Waals surface area contributed by atoms with Gasteiger partial charge in [0.25, 0.3) is 5.91 Å². The maximum absolute atomic E-state index is 12.5. The molecule has 0 aliphatic rings. The Kier molecular flexibility index (Phi) is 8.35. The minimum absolute atomic E-state index is 0.0313. The van der Waals surface area contributed by atoms with Gasteiger partial charge in [0.05, 0.1) is 6.42 Å². The van der Waals surface area contributed by atoms with Gasteiger partial charge in [-0.3, -0.25) is 9.59 Å². The summed E-state index contributed by atoms with van der Waals surface area (Å²) in [4.78, 5) is 24.9. The molecule has 0 aliphatic heterocycles. The van der Waals surface area contributed by atoms with Gasteiger partial charge in [0.2, 0.25) is 0 Å². The zero-order valence-corrected chi connectivity index (χ0v) is 19.0. The first-order valence-corrected chi connectivity index (χ1v) is 10.8. The zero-order valence-electron chi connectivity index (χ0n) is 19.0. The van der Waals surface area contributed by atoms with Crippen molar-refractivity contribution in [1.82, 2.24) is 5.32 Å². The first kappa shape index (κ1) is 25.6. The van der Waals surface area contributed by atoms with E-state index in [4.69, 9.17) is 5.11 Å². The molecule has 2 N–H and O–H groups in total. The number of carbonyl (C=O) groups is 2. The Hall–Kier alpha value is -4.01. The fraction of sp³-hybridized carbons (Fsp3) is 0.231. The maximum Gasteiger partial charge on any atom is 0.573 e. The van der Waals surface area contributed by atoms with Crippen molar-refractivity contribution < 1.29 is 32.6 Å². The Balaban J connectivity index is 1.77. The summed E-state index contributed by atoms with van der Waals surface area (Å²) in [6, 6.07) is 20.6. The zero-order chi connectivity index (χ0) is 25.4. The molecule has 0 fully saturated rings. The number of nitrogens with one attached hydrogen (secondary N) is 1. The molecule has 0 heterocycles. The summed E-state index contributed by atoms with van der Waals surface area (Å²) in [5, 5.41) is 11.3. The lowest BCUT2D eigenvalue weighted by atomic mass is 10.1. The Labute approximate surface area is 201 Å². The van der Waals surface area contributed by atoms with Gasteiger partial charge in [-0.25, -0.2) is 0 Å². The van der Waals surface area contributed by atoms with E-state index >= 15 is 0 Å². The van der Waals surface area contributed by atoms with Crippen molar-refractivity contribution >= 4 is 17.6 Å². The van der Waals surface area contributed by atoms with E-state index in [0.29, 0.717) is 18.7 Å². The van der Waals surface area contributed by atoms with Crippen LogP contribution in [-0.2, 0) is 17.9 Å². The maximum atomic E-state index is 12.5. The average molecular weight is 486 g/mol. The summed E-state index contributed by atoms with van der Waals surface area (Å²) in [5.74, 6) is -1.65. The molecule has 0 atom stereocenters. The van der Waals surface area contributed by atoms with E-state index in [0.717, 1.165) is 22.4 Å². The summed E-state index contributed by atoms with van der Waals surface area (Å²) >= 11 is 0. The molecule has 0 radical (unpaired) electrons. The van der Waals surface area contributed by atoms with Crippen LogP contribution in [0.4, 0.5) is 18.9 Å². The van der Waals surface area contributed by atoms with Crippen molar-refractivity contribution in [2.75, 3.05) is 11.4 Å². The molecule has 184 valence electrons. The molecule has 3 aromatic rings. The largest absolute Gasteiger partial charge is 0.573 e. The monoisotopic (exact) mass is 486 g/mol. The van der Waals surface area contributed by atoms with Crippen LogP contribution >= 0.6 is 0 Å². The molecule has 35 heavy (non-hydrogen) atoms. The van der Waals surface area contributed by atoms with Gasteiger partial charge < -0.3 is 20.1 Å². The van der Waals surface area contributed by atoms with Gasteiger partial charge >= 0.3 is 12.3 Å². The van der Waals surface area contributed by atoms with Gasteiger partial charge in [0, 0.05) is 30.9 Å². The summed E-state index contributed by atoms with van der Waals surface area (Å²) in [7, 11) is 0. The molecule has 0 aromatic heterocycles. The normalized spacial score (nSPS) is 11.1. The van der Waals surface area contributed by atoms with Crippen LogP contribution in [0.15, 0.2) is 72.8 Å². The third-order valence-electron chi connectivity index (χ3n) is 5.14. The number of ether oxygens (including phenoxy) is 1. The average Bonchev–Trinajstić information content (AvgIpc) is 2.80. The van der Waals surface area contributed by atoms with Crippen molar-refractivity contribution in [2.45, 2.75) is 32.8 Å². The molecular formula is C26H25F3N2O4. The number of nitrogens with zero attached hydrogens (tertiary/aromatic N) is 1. The Morgan fingerprint density at radius 3 is 1.94 bits per heavy atom. The molecule has 0 aliphatic carbocycles. The summed E-state index contributed by atoms with van der Waals surface area (Å²) < 4.78 is 41.3. The first-order valence-electron chi connectivity index (χ1n) is 10.8. The van der Waals surface area contributed by atoms with E-state index in [-0.39, 0.29) is 24.6 Å². The highest BCUT2D eigenvalue weighted by molar-refractivity contribution is 5.94. The van der Waals surface area contributed by atoms with Crippen LogP contribution in [0.1, 0.15) is 33.5 Å². The van der Waals surface area contributed by atoms with Crippen molar-refractivity contribution in [1.29, 1.82) is 0 Å². The quantitative estimate of drug-likeness (QED) is 0.406. The fourth-order valence-electron chi connectivity index (χ4n) is 3.38. The minimum atomic E-state index is -4.75. The summed E-state index contributed by atoms with van der Waals surface area (Å²) in [6.07, 6.45) is -4.92. The van der Waals surface area contributed by atoms with E-state index in [1.165, 1.54) is 12.1 Å². The van der Waals surface area contributed by atoms with Crippen molar-refractivity contribution in [3.05, 3.63) is 95.1 Å². The van der Waals surface area contributed by atoms with Crippen LogP contribution in [0.25, 0.3) is 0 Å². The SMILES string of the molecule is Cc1ccc(CN(Cc2ccc(OC(F)(F)F)cc2)c2ccc(C(=O)NCCC(=O)O)cc2)cc1. The molecule has 0 spiro atoms. The summed E-state index contributed by atoms with van der Waals surface area (Å²) in [5.41, 5.74) is 4.15. The Morgan fingerprint density at radius 1 is 0.886 bits per heavy atom. The van der Waals surface area contributed by atoms with Gasteiger partial charge in [-0.1, -0.05) is 42.0 Å². The van der Waals surface area contributed by atoms with Crippen LogP contribution in [0.2, 0.25) is 0 Å². The molecule has 9 heteroatoms. The highest BCUT2D eigenvalue weighted by Crippen LogP contribution is 2.25. The van der Waals surface area contributed by atoms with E-state index in [2.05, 4.69) is 10.1 Å². The molecule has 1 amide bonds. The fourth-order valence-corrected chi connectivity index (χ4v) is 3.38. The van der Waals surface area contributed by atoms with E-state index < -0.39 is 12.3 Å². The number of rotatable bonds is 10. The number of benzene rings is 3. The molecule has 0 saturated carbocycles. The van der Waals surface area contributed by atoms with Crippen molar-refractivity contribution in [3.8, 4) is 5.75 Å². The second-order valence-corrected chi connectivity index (χ2v) is 7.98. The topological polar surface area (TPSA) is 78.9 Å². The lowest BCUT2D eigenvalue weighted by molar-refractivity contribution is -0.274. The molecule has 0 unspecified atom stereocenters. The van der Waals surface area contributed by atoms with Crippen LogP contribution in [0.5, 0.6) is 5.75 Å². The Morgan fingerprint density at radius 2 is 1.43 bits per heavy atom. The van der Waals surface area contributed by atoms with Crippen LogP contribution in [-0.4, -0.2) is 29.9 Å². The molecule has 3 aromatic carbocycles. The molecular weight excluding hydrogens is 461 g/mol. The van der Waals surface area contributed by atoms with Gasteiger partial charge in [-0.2, -0.15) is 0 Å². The number of carbonyl (C=O) groups excluding carboxylic acids is 1. The third kappa shape index (κ3) is 8.37. The third-order valence-corrected chi connectivity index (χ3v) is 5.14. The predicted molar refractivity (Wildman–Crippen MR) is 125 cm³/mol. The van der Waals surface area contributed by atoms with Crippen LogP contribution in [0.3, 0.4) is 0 Å². The highest BCUT2D eigenvalue weighted by atomic mass is 19.4. The van der Waals surface area contributed by atoms with Crippen LogP contribution in [0, 0.1) is 6.92 Å². The number of halogens is 3. The van der Waals surface area contributed by atoms with Crippen molar-refractivity contribution in [2.24, 2.45) is 0 Å². The van der Waals surface area contributed by atoms with E-state index in [9.17, 15) is 22.8 Å². The summed E-state index contributed by atoms with van der Waals surface area (Å²) in [6.45, 7) is 2.96. The number of carboxylic acids is 1. The molecule has 3 rings (SSSR count). The smallest absolute Gasteiger partial charge is 0.481 e. The number of amides is 1. The predicted octanol–water partition coefficient (Wildman–Crippen LogP) is 5.30. The number of aliphatic carboxylic acids is 1. The second kappa shape index (κ2) is 11.4. The highest BCUT2D eigenvalue weighted by Gasteiger charge is 2.31. The number of carboxylic acid groups (broad SMARTS) is 1. The first-order chi connectivity index (χ1) is 16.6. The van der Waals surface area contributed by atoms with E-state index in [1.807, 2.05) is 36.1 Å². The van der Waals surface area contributed by atoms with Gasteiger partial charge in [-0.05, 0) is 54.4 Å². The molecule has 0 saturated heterocycles. The number of hydrogen-bond donors (Lipinski definition) is 2. The second-order valence-electron chi connectivity index (χ2n) is 7.98. The van der Waals surface area contributed by atoms with Gasteiger partial charge in [0.1, 0.15) is 5.75 Å². The van der Waals surface area contributed by atoms with Gasteiger partial charge in [-0.15, -0.1) is 13.2 Å². The standard InChI is InChI=1S/C26H25F3N2O4/c1-18-2-4-19(5-3-18)16-31(17-20-6-12-23(13-7-20)35-26(27,28)29)22-10-8-21(9-11-22)25(34)30-15-14-24(32)33/h2-13H,14-17H2,1H3,(H,30,34)(H,32,33). The van der Waals surface area contributed by atoms with Gasteiger partial charge in [0.15, 0.2) is 0 Å². The van der Waals surface area contributed by atoms with Crippen molar-refractivity contribution in [3.63, 3.8) is 0 Å². The van der Waals surface area contributed by atoms with E-state index in [1.54, 1.807) is 36.4 Å². The lowest BCUT2D eigenvalue weighted by Gasteiger charge is -2.26. The van der Waals surface area contributed by atoms with Crippen LogP contribution < -0.4 is 15.0 Å². The number of alkyl halides is 3. The number of anilines is 1. The number of hydrogen-bond acceptors (Lipinski definition) is 4. The molecule has 6 nitrogen and oxygen atoms in total.